The zero-order valence-corrected chi connectivity index (χ0v) is 21.3. The Morgan fingerprint density at radius 1 is 1.12 bits per heavy atom. The average molecular weight is 494 g/mol. The van der Waals surface area contributed by atoms with Crippen LogP contribution < -0.4 is 9.62 Å². The van der Waals surface area contributed by atoms with E-state index in [0.29, 0.717) is 22.7 Å². The fourth-order valence-electron chi connectivity index (χ4n) is 3.65. The number of nitrogens with zero attached hydrogens (tertiary/aromatic N) is 2. The van der Waals surface area contributed by atoms with E-state index in [1.54, 1.807) is 32.0 Å². The van der Waals surface area contributed by atoms with Crippen LogP contribution in [0.1, 0.15) is 36.5 Å². The zero-order chi connectivity index (χ0) is 24.8. The maximum absolute atomic E-state index is 13.1. The van der Waals surface area contributed by atoms with Gasteiger partial charge in [0.05, 0.1) is 11.9 Å². The SMILES string of the molecule is CNC(=O)[C@@H](C)N(Cc1cccc(C)c1)C(=O)CCCN(c1cccc(Cl)c1C)S(C)(=O)=O. The molecule has 0 aliphatic rings. The first-order valence-electron chi connectivity index (χ1n) is 10.7. The van der Waals surface area contributed by atoms with E-state index in [4.69, 9.17) is 11.6 Å². The number of anilines is 1. The smallest absolute Gasteiger partial charge is 0.242 e. The molecule has 2 amide bonds. The maximum atomic E-state index is 13.1. The van der Waals surface area contributed by atoms with Gasteiger partial charge < -0.3 is 10.2 Å². The van der Waals surface area contributed by atoms with Crippen molar-refractivity contribution in [3.63, 3.8) is 0 Å². The molecule has 0 heterocycles. The van der Waals surface area contributed by atoms with Gasteiger partial charge in [-0.1, -0.05) is 47.5 Å². The molecule has 33 heavy (non-hydrogen) atoms. The molecule has 0 aromatic heterocycles. The van der Waals surface area contributed by atoms with Gasteiger partial charge in [0.1, 0.15) is 6.04 Å². The van der Waals surface area contributed by atoms with Gasteiger partial charge >= 0.3 is 0 Å². The first-order chi connectivity index (χ1) is 15.5. The molecule has 2 aromatic rings. The van der Waals surface area contributed by atoms with Crippen LogP contribution in [0.5, 0.6) is 0 Å². The lowest BCUT2D eigenvalue weighted by molar-refractivity contribution is -0.140. The fraction of sp³-hybridized carbons (Fsp3) is 0.417. The monoisotopic (exact) mass is 493 g/mol. The predicted octanol–water partition coefficient (Wildman–Crippen LogP) is 3.67. The van der Waals surface area contributed by atoms with Crippen molar-refractivity contribution < 1.29 is 18.0 Å². The molecule has 0 aliphatic heterocycles. The molecule has 0 saturated carbocycles. The molecule has 1 atom stereocenters. The van der Waals surface area contributed by atoms with E-state index in [-0.39, 0.29) is 31.3 Å². The van der Waals surface area contributed by atoms with Crippen molar-refractivity contribution in [2.24, 2.45) is 0 Å². The third kappa shape index (κ3) is 7.20. The van der Waals surface area contributed by atoms with E-state index >= 15 is 0 Å². The summed E-state index contributed by atoms with van der Waals surface area (Å²) in [6.45, 7) is 5.83. The van der Waals surface area contributed by atoms with Gasteiger partial charge in [-0.25, -0.2) is 8.42 Å². The normalized spacial score (nSPS) is 12.2. The van der Waals surface area contributed by atoms with Crippen LogP contribution in [0.25, 0.3) is 0 Å². The number of rotatable bonds is 10. The van der Waals surface area contributed by atoms with E-state index in [2.05, 4.69) is 5.32 Å². The van der Waals surface area contributed by atoms with E-state index in [1.807, 2.05) is 31.2 Å². The molecule has 0 fully saturated rings. The number of carbonyl (C=O) groups excluding carboxylic acids is 2. The van der Waals surface area contributed by atoms with Crippen LogP contribution in [0.3, 0.4) is 0 Å². The van der Waals surface area contributed by atoms with Crippen molar-refractivity contribution >= 4 is 39.1 Å². The van der Waals surface area contributed by atoms with Gasteiger partial charge in [-0.05, 0) is 50.5 Å². The summed E-state index contributed by atoms with van der Waals surface area (Å²) in [5, 5.41) is 3.06. The molecule has 0 saturated heterocycles. The zero-order valence-electron chi connectivity index (χ0n) is 19.8. The second-order valence-corrected chi connectivity index (χ2v) is 10.4. The van der Waals surface area contributed by atoms with Crippen molar-refractivity contribution in [2.45, 2.75) is 46.2 Å². The van der Waals surface area contributed by atoms with Gasteiger partial charge in [0.15, 0.2) is 0 Å². The highest BCUT2D eigenvalue weighted by atomic mass is 35.5. The van der Waals surface area contributed by atoms with Crippen molar-refractivity contribution in [2.75, 3.05) is 24.2 Å². The fourth-order valence-corrected chi connectivity index (χ4v) is 4.83. The number of sulfonamides is 1. The quantitative estimate of drug-likeness (QED) is 0.547. The molecule has 9 heteroatoms. The molecular formula is C24H32ClN3O4S. The summed E-state index contributed by atoms with van der Waals surface area (Å²) in [7, 11) is -2.04. The summed E-state index contributed by atoms with van der Waals surface area (Å²) >= 11 is 6.18. The standard InChI is InChI=1S/C24H32ClN3O4S/c1-17-9-6-10-20(15-17)16-27(19(3)24(30)26-4)23(29)13-8-14-28(33(5,31)32)22-12-7-11-21(25)18(22)2/h6-7,9-12,15,19H,8,13-14,16H2,1-5H3,(H,26,30)/t19-/m1/s1. The van der Waals surface area contributed by atoms with Crippen molar-refractivity contribution in [1.82, 2.24) is 10.2 Å². The lowest BCUT2D eigenvalue weighted by Gasteiger charge is -2.29. The van der Waals surface area contributed by atoms with Crippen molar-refractivity contribution in [3.8, 4) is 0 Å². The summed E-state index contributed by atoms with van der Waals surface area (Å²) < 4.78 is 26.2. The second kappa shape index (κ2) is 11.5. The number of halogens is 1. The summed E-state index contributed by atoms with van der Waals surface area (Å²) in [6, 6.07) is 12.2. The van der Waals surface area contributed by atoms with Gasteiger partial charge in [0.25, 0.3) is 0 Å². The Hall–Kier alpha value is -2.58. The number of hydrogen-bond acceptors (Lipinski definition) is 4. The highest BCUT2D eigenvalue weighted by Crippen LogP contribution is 2.28. The van der Waals surface area contributed by atoms with Crippen molar-refractivity contribution in [1.29, 1.82) is 0 Å². The number of hydrogen-bond donors (Lipinski definition) is 1. The number of aryl methyl sites for hydroxylation is 1. The van der Waals surface area contributed by atoms with E-state index in [1.165, 1.54) is 16.3 Å². The molecule has 1 N–H and O–H groups in total. The van der Waals surface area contributed by atoms with Gasteiger partial charge in [0, 0.05) is 31.6 Å². The lowest BCUT2D eigenvalue weighted by Crippen LogP contribution is -2.46. The van der Waals surface area contributed by atoms with Gasteiger partial charge in [0.2, 0.25) is 21.8 Å². The minimum Gasteiger partial charge on any atom is -0.357 e. The Morgan fingerprint density at radius 2 is 1.79 bits per heavy atom. The Morgan fingerprint density at radius 3 is 2.39 bits per heavy atom. The minimum atomic E-state index is -3.58. The molecule has 2 aromatic carbocycles. The third-order valence-corrected chi connectivity index (χ3v) is 7.10. The number of nitrogens with one attached hydrogen (secondary N) is 1. The van der Waals surface area contributed by atoms with Crippen LogP contribution in [-0.2, 0) is 26.2 Å². The Bertz CT molecular complexity index is 1100. The van der Waals surface area contributed by atoms with Gasteiger partial charge in [-0.2, -0.15) is 0 Å². The van der Waals surface area contributed by atoms with Crippen LogP contribution in [0, 0.1) is 13.8 Å². The number of carbonyl (C=O) groups is 2. The van der Waals surface area contributed by atoms with Crippen LogP contribution in [0.2, 0.25) is 5.02 Å². The molecule has 2 rings (SSSR count). The summed E-state index contributed by atoms with van der Waals surface area (Å²) in [5.41, 5.74) is 3.14. The van der Waals surface area contributed by atoms with Crippen LogP contribution in [0.15, 0.2) is 42.5 Å². The first-order valence-corrected chi connectivity index (χ1v) is 13.0. The molecule has 180 valence electrons. The van der Waals surface area contributed by atoms with E-state index in [0.717, 1.165) is 17.4 Å². The van der Waals surface area contributed by atoms with Crippen LogP contribution >= 0.6 is 11.6 Å². The maximum Gasteiger partial charge on any atom is 0.242 e. The Kier molecular flexibility index (Phi) is 9.31. The minimum absolute atomic E-state index is 0.0960. The van der Waals surface area contributed by atoms with Gasteiger partial charge in [-0.3, -0.25) is 13.9 Å². The van der Waals surface area contributed by atoms with Crippen LogP contribution in [0.4, 0.5) is 5.69 Å². The average Bonchev–Trinajstić information content (AvgIpc) is 2.75. The number of benzene rings is 2. The number of amides is 2. The highest BCUT2D eigenvalue weighted by Gasteiger charge is 2.26. The van der Waals surface area contributed by atoms with Gasteiger partial charge in [-0.15, -0.1) is 0 Å². The Labute approximate surface area is 201 Å². The summed E-state index contributed by atoms with van der Waals surface area (Å²) in [6.07, 6.45) is 1.52. The molecule has 7 nitrogen and oxygen atoms in total. The lowest BCUT2D eigenvalue weighted by atomic mass is 10.1. The van der Waals surface area contributed by atoms with Crippen molar-refractivity contribution in [3.05, 3.63) is 64.2 Å². The van der Waals surface area contributed by atoms with Crippen LogP contribution in [-0.4, -0.2) is 51.0 Å². The predicted molar refractivity (Wildman–Crippen MR) is 133 cm³/mol. The summed E-state index contributed by atoms with van der Waals surface area (Å²) in [5.74, 6) is -0.479. The van der Waals surface area contributed by atoms with E-state index < -0.39 is 16.1 Å². The second-order valence-electron chi connectivity index (χ2n) is 8.12. The molecule has 0 unspecified atom stereocenters. The third-order valence-electron chi connectivity index (χ3n) is 5.51. The molecule has 0 radical (unpaired) electrons. The molecular weight excluding hydrogens is 462 g/mol. The first kappa shape index (κ1) is 26.7. The molecule has 0 bridgehead atoms. The molecule has 0 aliphatic carbocycles. The Balaban J connectivity index is 2.18. The topological polar surface area (TPSA) is 86.8 Å². The van der Waals surface area contributed by atoms with E-state index in [9.17, 15) is 18.0 Å². The highest BCUT2D eigenvalue weighted by molar-refractivity contribution is 7.92. The number of likely N-dealkylation sites (N-methyl/N-ethyl adjacent to an activating group) is 1. The summed E-state index contributed by atoms with van der Waals surface area (Å²) in [4.78, 5) is 26.9. The molecule has 0 spiro atoms. The largest absolute Gasteiger partial charge is 0.357 e.